The second kappa shape index (κ2) is 8.00. The van der Waals surface area contributed by atoms with Gasteiger partial charge in [-0.3, -0.25) is 0 Å². The molecule has 4 heteroatoms. The third-order valence-corrected chi connectivity index (χ3v) is 3.99. The number of hydrogen-bond donors (Lipinski definition) is 0. The lowest BCUT2D eigenvalue weighted by Crippen LogP contribution is -2.02. The summed E-state index contributed by atoms with van der Waals surface area (Å²) in [6, 6.07) is 20.9. The van der Waals surface area contributed by atoms with E-state index in [0.29, 0.717) is 11.1 Å². The van der Waals surface area contributed by atoms with E-state index in [2.05, 4.69) is 6.07 Å². The Balaban J connectivity index is 1.66. The summed E-state index contributed by atoms with van der Waals surface area (Å²) in [6.45, 7) is 0.0738. The highest BCUT2D eigenvalue weighted by Gasteiger charge is 2.04. The van der Waals surface area contributed by atoms with Crippen LogP contribution in [0.2, 0.25) is 0 Å². The van der Waals surface area contributed by atoms with Crippen LogP contribution < -0.4 is 4.74 Å². The van der Waals surface area contributed by atoms with Gasteiger partial charge in [0, 0.05) is 11.6 Å². The fraction of sp³-hybridized carbons (Fsp3) is 0.0909. The minimum absolute atomic E-state index is 0.0738. The highest BCUT2D eigenvalue weighted by atomic mass is 16.5. The smallest absolute Gasteiger partial charge is 0.331 e. The quantitative estimate of drug-likeness (QED) is 0.506. The first-order valence-electron chi connectivity index (χ1n) is 8.10. The zero-order valence-electron chi connectivity index (χ0n) is 14.3. The second-order valence-corrected chi connectivity index (χ2v) is 5.68. The van der Waals surface area contributed by atoms with E-state index < -0.39 is 5.97 Å². The first-order chi connectivity index (χ1) is 12.7. The Morgan fingerprint density at radius 2 is 1.85 bits per heavy atom. The maximum Gasteiger partial charge on any atom is 0.331 e. The molecule has 0 atom stereocenters. The highest BCUT2D eigenvalue weighted by Crippen LogP contribution is 2.22. The lowest BCUT2D eigenvalue weighted by molar-refractivity contribution is -0.138. The number of methoxy groups -OCH3 is 1. The lowest BCUT2D eigenvalue weighted by atomic mass is 10.1. The van der Waals surface area contributed by atoms with E-state index in [4.69, 9.17) is 14.7 Å². The summed E-state index contributed by atoms with van der Waals surface area (Å²) in [4.78, 5) is 11.9. The molecule has 0 fully saturated rings. The van der Waals surface area contributed by atoms with E-state index in [9.17, 15) is 4.79 Å². The van der Waals surface area contributed by atoms with Gasteiger partial charge in [-0.2, -0.15) is 5.26 Å². The monoisotopic (exact) mass is 343 g/mol. The maximum absolute atomic E-state index is 11.9. The number of carbonyl (C=O) groups excluding carboxylic acids is 1. The van der Waals surface area contributed by atoms with Gasteiger partial charge in [-0.15, -0.1) is 0 Å². The Kier molecular flexibility index (Phi) is 5.31. The molecule has 3 rings (SSSR count). The van der Waals surface area contributed by atoms with Gasteiger partial charge in [0.15, 0.2) is 0 Å². The van der Waals surface area contributed by atoms with Crippen molar-refractivity contribution in [3.05, 3.63) is 83.4 Å². The molecule has 26 heavy (non-hydrogen) atoms. The van der Waals surface area contributed by atoms with Gasteiger partial charge in [-0.25, -0.2) is 4.79 Å². The molecular formula is C22H17NO3. The molecule has 0 bridgehead atoms. The molecule has 0 aliphatic rings. The number of nitriles is 1. The van der Waals surface area contributed by atoms with Crippen LogP contribution in [0.4, 0.5) is 0 Å². The number of ether oxygens (including phenoxy) is 2. The molecule has 0 aliphatic carbocycles. The third kappa shape index (κ3) is 4.08. The number of benzene rings is 3. The van der Waals surface area contributed by atoms with Crippen molar-refractivity contribution in [2.45, 2.75) is 6.61 Å². The molecule has 0 aliphatic heterocycles. The molecule has 0 saturated carbocycles. The summed E-state index contributed by atoms with van der Waals surface area (Å²) in [5, 5.41) is 11.2. The maximum atomic E-state index is 11.9. The van der Waals surface area contributed by atoms with Crippen LogP contribution in [0.3, 0.4) is 0 Å². The van der Waals surface area contributed by atoms with E-state index in [1.807, 2.05) is 42.5 Å². The number of fused-ring (bicyclic) bond motifs is 1. The number of esters is 1. The lowest BCUT2D eigenvalue weighted by Gasteiger charge is -2.04. The van der Waals surface area contributed by atoms with Gasteiger partial charge in [-0.05, 0) is 46.7 Å². The summed E-state index contributed by atoms with van der Waals surface area (Å²) in [5.41, 5.74) is 2.10. The minimum Gasteiger partial charge on any atom is -0.497 e. The van der Waals surface area contributed by atoms with Crippen LogP contribution in [0.1, 0.15) is 16.7 Å². The first kappa shape index (κ1) is 17.2. The van der Waals surface area contributed by atoms with Crippen molar-refractivity contribution in [3.8, 4) is 11.8 Å². The molecular weight excluding hydrogens is 326 g/mol. The average molecular weight is 343 g/mol. The van der Waals surface area contributed by atoms with Crippen LogP contribution in [0, 0.1) is 11.3 Å². The summed E-state index contributed by atoms with van der Waals surface area (Å²) in [5.74, 6) is 0.356. The second-order valence-electron chi connectivity index (χ2n) is 5.68. The fourth-order valence-electron chi connectivity index (χ4n) is 2.59. The molecule has 0 radical (unpaired) electrons. The SMILES string of the molecule is COc1ccc2cc(/C=C/C(=O)OCc3ccccc3C#N)ccc2c1. The standard InChI is InChI=1S/C22H17NO3/c1-25-21-10-9-17-12-16(6-8-18(17)13-21)7-11-22(24)26-15-20-5-3-2-4-19(20)14-23/h2-13H,15H2,1H3/b11-7+. The van der Waals surface area contributed by atoms with Crippen LogP contribution in [0.15, 0.2) is 66.7 Å². The zero-order chi connectivity index (χ0) is 18.4. The van der Waals surface area contributed by atoms with Crippen LogP contribution >= 0.6 is 0 Å². The average Bonchev–Trinajstić information content (AvgIpc) is 2.70. The van der Waals surface area contributed by atoms with Gasteiger partial charge in [0.2, 0.25) is 0 Å². The minimum atomic E-state index is -0.451. The Morgan fingerprint density at radius 3 is 2.65 bits per heavy atom. The van der Waals surface area contributed by atoms with E-state index >= 15 is 0 Å². The van der Waals surface area contributed by atoms with Gasteiger partial charge in [-0.1, -0.05) is 36.4 Å². The fourth-order valence-corrected chi connectivity index (χ4v) is 2.59. The molecule has 0 N–H and O–H groups in total. The normalized spacial score (nSPS) is 10.6. The van der Waals surface area contributed by atoms with Crippen LogP contribution in [-0.2, 0) is 16.1 Å². The van der Waals surface area contributed by atoms with Crippen molar-refractivity contribution in [1.82, 2.24) is 0 Å². The van der Waals surface area contributed by atoms with E-state index in [-0.39, 0.29) is 6.61 Å². The van der Waals surface area contributed by atoms with E-state index in [1.54, 1.807) is 31.4 Å². The van der Waals surface area contributed by atoms with Crippen molar-refractivity contribution >= 4 is 22.8 Å². The highest BCUT2D eigenvalue weighted by molar-refractivity contribution is 5.90. The van der Waals surface area contributed by atoms with Crippen molar-refractivity contribution in [2.24, 2.45) is 0 Å². The Labute approximate surface area is 151 Å². The zero-order valence-corrected chi connectivity index (χ0v) is 14.3. The van der Waals surface area contributed by atoms with Crippen LogP contribution in [0.25, 0.3) is 16.8 Å². The predicted octanol–water partition coefficient (Wildman–Crippen LogP) is 4.48. The van der Waals surface area contributed by atoms with Gasteiger partial charge < -0.3 is 9.47 Å². The summed E-state index contributed by atoms with van der Waals surface area (Å²) < 4.78 is 10.4. The topological polar surface area (TPSA) is 59.3 Å². The Bertz CT molecular complexity index is 1020. The summed E-state index contributed by atoms with van der Waals surface area (Å²) in [6.07, 6.45) is 3.10. The van der Waals surface area contributed by atoms with Crippen molar-refractivity contribution in [1.29, 1.82) is 5.26 Å². The Morgan fingerprint density at radius 1 is 1.08 bits per heavy atom. The molecule has 0 aromatic heterocycles. The molecule has 0 saturated heterocycles. The predicted molar refractivity (Wildman–Crippen MR) is 100 cm³/mol. The van der Waals surface area contributed by atoms with Crippen molar-refractivity contribution in [3.63, 3.8) is 0 Å². The van der Waals surface area contributed by atoms with Crippen LogP contribution in [-0.4, -0.2) is 13.1 Å². The summed E-state index contributed by atoms with van der Waals surface area (Å²) in [7, 11) is 1.64. The van der Waals surface area contributed by atoms with E-state index in [1.165, 1.54) is 6.08 Å². The van der Waals surface area contributed by atoms with Gasteiger partial charge >= 0.3 is 5.97 Å². The molecule has 4 nitrogen and oxygen atoms in total. The molecule has 128 valence electrons. The summed E-state index contributed by atoms with van der Waals surface area (Å²) >= 11 is 0. The van der Waals surface area contributed by atoms with Crippen LogP contribution in [0.5, 0.6) is 5.75 Å². The molecule has 3 aromatic carbocycles. The number of carbonyl (C=O) groups is 1. The number of hydrogen-bond acceptors (Lipinski definition) is 4. The largest absolute Gasteiger partial charge is 0.497 e. The molecule has 0 amide bonds. The van der Waals surface area contributed by atoms with Crippen molar-refractivity contribution < 1.29 is 14.3 Å². The Hall–Kier alpha value is -3.58. The molecule has 0 spiro atoms. The first-order valence-corrected chi connectivity index (χ1v) is 8.10. The van der Waals surface area contributed by atoms with E-state index in [0.717, 1.165) is 22.1 Å². The molecule has 0 heterocycles. The van der Waals surface area contributed by atoms with Gasteiger partial charge in [0.05, 0.1) is 18.7 Å². The molecule has 3 aromatic rings. The van der Waals surface area contributed by atoms with Gasteiger partial charge in [0.25, 0.3) is 0 Å². The van der Waals surface area contributed by atoms with Crippen molar-refractivity contribution in [2.75, 3.05) is 7.11 Å². The molecule has 0 unspecified atom stereocenters. The number of rotatable bonds is 5. The third-order valence-electron chi connectivity index (χ3n) is 3.99. The van der Waals surface area contributed by atoms with Gasteiger partial charge in [0.1, 0.15) is 12.4 Å². The number of nitrogens with zero attached hydrogens (tertiary/aromatic N) is 1.